The Labute approximate surface area is 223 Å². The number of ketones is 1. The average molecular weight is 510 g/mol. The largest absolute Gasteiger partial charge is 0.493 e. The summed E-state index contributed by atoms with van der Waals surface area (Å²) >= 11 is 0. The molecule has 4 aromatic rings. The summed E-state index contributed by atoms with van der Waals surface area (Å²) in [5, 5.41) is 11.3. The lowest BCUT2D eigenvalue weighted by Gasteiger charge is -2.36. The minimum Gasteiger partial charge on any atom is -0.493 e. The van der Waals surface area contributed by atoms with Crippen molar-refractivity contribution < 1.29 is 19.2 Å². The van der Waals surface area contributed by atoms with Crippen LogP contribution < -0.4 is 9.47 Å². The van der Waals surface area contributed by atoms with E-state index in [4.69, 9.17) is 9.47 Å². The maximum absolute atomic E-state index is 14.9. The standard InChI is InChI=1S/C32H31NO5/c1-20-7-11-25(17-22(20)3)32(26-12-8-21(2)23(4)18-26,27-13-16-29(37-5)30(19-27)38-6)31(34)24-9-14-28(15-10-24)33(35)36/h7-19H,1-6H3. The van der Waals surface area contributed by atoms with E-state index in [1.165, 1.54) is 24.3 Å². The molecule has 6 heteroatoms. The zero-order chi connectivity index (χ0) is 27.6. The Morgan fingerprint density at radius 1 is 0.658 bits per heavy atom. The number of non-ortho nitro benzene ring substituents is 1. The maximum Gasteiger partial charge on any atom is 0.269 e. The van der Waals surface area contributed by atoms with E-state index in [1.807, 2.05) is 76.2 Å². The van der Waals surface area contributed by atoms with Crippen LogP contribution in [0.2, 0.25) is 0 Å². The maximum atomic E-state index is 14.9. The van der Waals surface area contributed by atoms with Crippen molar-refractivity contribution in [3.05, 3.63) is 133 Å². The number of rotatable bonds is 8. The second-order valence-electron chi connectivity index (χ2n) is 9.55. The number of benzene rings is 4. The molecule has 4 aromatic carbocycles. The van der Waals surface area contributed by atoms with Gasteiger partial charge in [0.05, 0.1) is 19.1 Å². The van der Waals surface area contributed by atoms with Crippen LogP contribution in [-0.4, -0.2) is 24.9 Å². The Bertz CT molecular complexity index is 1470. The summed E-state index contributed by atoms with van der Waals surface area (Å²) in [6, 6.07) is 23.4. The van der Waals surface area contributed by atoms with E-state index < -0.39 is 10.3 Å². The number of ether oxygens (including phenoxy) is 2. The summed E-state index contributed by atoms with van der Waals surface area (Å²) in [5.41, 5.74) is 5.62. The van der Waals surface area contributed by atoms with Gasteiger partial charge in [-0.2, -0.15) is 0 Å². The van der Waals surface area contributed by atoms with Crippen LogP contribution in [0.4, 0.5) is 5.69 Å². The van der Waals surface area contributed by atoms with Crippen LogP contribution in [0.25, 0.3) is 0 Å². The van der Waals surface area contributed by atoms with Gasteiger partial charge in [-0.15, -0.1) is 0 Å². The van der Waals surface area contributed by atoms with Crippen LogP contribution in [0.15, 0.2) is 78.9 Å². The van der Waals surface area contributed by atoms with Gasteiger partial charge in [0.1, 0.15) is 5.41 Å². The molecule has 0 saturated carbocycles. The Balaban J connectivity index is 2.14. The first-order valence-corrected chi connectivity index (χ1v) is 12.3. The Morgan fingerprint density at radius 3 is 1.58 bits per heavy atom. The molecule has 0 unspecified atom stereocenters. The van der Waals surface area contributed by atoms with E-state index in [1.54, 1.807) is 20.3 Å². The van der Waals surface area contributed by atoms with Crippen molar-refractivity contribution in [1.82, 2.24) is 0 Å². The predicted octanol–water partition coefficient (Wildman–Crippen LogP) is 7.06. The Kier molecular flexibility index (Phi) is 7.35. The van der Waals surface area contributed by atoms with E-state index >= 15 is 0 Å². The highest BCUT2D eigenvalue weighted by Gasteiger charge is 2.45. The number of carbonyl (C=O) groups is 1. The molecule has 0 aliphatic rings. The van der Waals surface area contributed by atoms with Crippen molar-refractivity contribution in [1.29, 1.82) is 0 Å². The summed E-state index contributed by atoms with van der Waals surface area (Å²) < 4.78 is 11.1. The molecule has 0 spiro atoms. The average Bonchev–Trinajstić information content (AvgIpc) is 2.92. The van der Waals surface area contributed by atoms with Gasteiger partial charge in [-0.25, -0.2) is 0 Å². The van der Waals surface area contributed by atoms with Crippen LogP contribution in [-0.2, 0) is 5.41 Å². The lowest BCUT2D eigenvalue weighted by Crippen LogP contribution is -2.39. The van der Waals surface area contributed by atoms with Crippen LogP contribution >= 0.6 is 0 Å². The van der Waals surface area contributed by atoms with Crippen LogP contribution in [0.1, 0.15) is 49.3 Å². The van der Waals surface area contributed by atoms with Gasteiger partial charge in [-0.1, -0.05) is 42.5 Å². The SMILES string of the molecule is COc1ccc(C(C(=O)c2ccc([N+](=O)[O-])cc2)(c2ccc(C)c(C)c2)c2ccc(C)c(C)c2)cc1OC. The molecule has 0 atom stereocenters. The number of Topliss-reactive ketones (excluding diaryl/α,β-unsaturated/α-hetero) is 1. The number of methoxy groups -OCH3 is 2. The summed E-state index contributed by atoms with van der Waals surface area (Å²) in [6.07, 6.45) is 0. The first-order chi connectivity index (χ1) is 18.1. The fraction of sp³-hybridized carbons (Fsp3) is 0.219. The van der Waals surface area contributed by atoms with Gasteiger partial charge in [-0.3, -0.25) is 14.9 Å². The molecule has 0 heterocycles. The van der Waals surface area contributed by atoms with Crippen molar-refractivity contribution in [2.75, 3.05) is 14.2 Å². The van der Waals surface area contributed by atoms with E-state index in [0.29, 0.717) is 22.6 Å². The molecule has 0 radical (unpaired) electrons. The number of hydrogen-bond acceptors (Lipinski definition) is 5. The van der Waals surface area contributed by atoms with Crippen molar-refractivity contribution in [2.24, 2.45) is 0 Å². The fourth-order valence-electron chi connectivity index (χ4n) is 4.86. The monoisotopic (exact) mass is 509 g/mol. The number of nitro groups is 1. The Hall–Kier alpha value is -4.45. The highest BCUT2D eigenvalue weighted by Crippen LogP contribution is 2.45. The molecule has 0 aromatic heterocycles. The zero-order valence-corrected chi connectivity index (χ0v) is 22.5. The molecule has 6 nitrogen and oxygen atoms in total. The molecule has 0 N–H and O–H groups in total. The molecule has 4 rings (SSSR count). The third-order valence-corrected chi connectivity index (χ3v) is 7.38. The highest BCUT2D eigenvalue weighted by atomic mass is 16.6. The zero-order valence-electron chi connectivity index (χ0n) is 22.5. The third-order valence-electron chi connectivity index (χ3n) is 7.38. The van der Waals surface area contributed by atoms with E-state index in [0.717, 1.165) is 33.4 Å². The summed E-state index contributed by atoms with van der Waals surface area (Å²) in [5.74, 6) is 0.845. The molecule has 0 aliphatic heterocycles. The number of nitrogens with zero attached hydrogens (tertiary/aromatic N) is 1. The molecule has 0 fully saturated rings. The van der Waals surface area contributed by atoms with E-state index in [-0.39, 0.29) is 11.5 Å². The van der Waals surface area contributed by atoms with Crippen LogP contribution in [0.5, 0.6) is 11.5 Å². The topological polar surface area (TPSA) is 78.7 Å². The normalized spacial score (nSPS) is 11.2. The summed E-state index contributed by atoms with van der Waals surface area (Å²) in [6.45, 7) is 8.11. The molecule has 0 aliphatic carbocycles. The smallest absolute Gasteiger partial charge is 0.269 e. The van der Waals surface area contributed by atoms with Crippen molar-refractivity contribution in [3.63, 3.8) is 0 Å². The van der Waals surface area contributed by atoms with Crippen LogP contribution in [0, 0.1) is 37.8 Å². The van der Waals surface area contributed by atoms with E-state index in [9.17, 15) is 14.9 Å². The first-order valence-electron chi connectivity index (χ1n) is 12.3. The second kappa shape index (κ2) is 10.5. The van der Waals surface area contributed by atoms with Gasteiger partial charge in [0.25, 0.3) is 5.69 Å². The van der Waals surface area contributed by atoms with Crippen molar-refractivity contribution in [2.45, 2.75) is 33.1 Å². The van der Waals surface area contributed by atoms with E-state index in [2.05, 4.69) is 0 Å². The summed E-state index contributed by atoms with van der Waals surface area (Å²) in [4.78, 5) is 25.7. The predicted molar refractivity (Wildman–Crippen MR) is 149 cm³/mol. The second-order valence-corrected chi connectivity index (χ2v) is 9.55. The third kappa shape index (κ3) is 4.54. The lowest BCUT2D eigenvalue weighted by atomic mass is 9.64. The minimum absolute atomic E-state index is 0.0735. The molecular formula is C32H31NO5. The number of hydrogen-bond donors (Lipinski definition) is 0. The number of carbonyl (C=O) groups excluding carboxylic acids is 1. The Morgan fingerprint density at radius 2 is 1.13 bits per heavy atom. The van der Waals surface area contributed by atoms with Gasteiger partial charge in [0.2, 0.25) is 0 Å². The number of nitro benzene ring substituents is 1. The van der Waals surface area contributed by atoms with Crippen molar-refractivity contribution >= 4 is 11.5 Å². The first kappa shape index (κ1) is 26.6. The van der Waals surface area contributed by atoms with Gasteiger partial charge >= 0.3 is 0 Å². The molecular weight excluding hydrogens is 478 g/mol. The summed E-state index contributed by atoms with van der Waals surface area (Å²) in [7, 11) is 3.13. The molecule has 194 valence electrons. The molecule has 38 heavy (non-hydrogen) atoms. The quantitative estimate of drug-likeness (QED) is 0.110. The van der Waals surface area contributed by atoms with Gasteiger partial charge in [0.15, 0.2) is 17.3 Å². The lowest BCUT2D eigenvalue weighted by molar-refractivity contribution is -0.384. The molecule has 0 amide bonds. The number of aryl methyl sites for hydroxylation is 4. The minimum atomic E-state index is -1.27. The van der Waals surface area contributed by atoms with Crippen LogP contribution in [0.3, 0.4) is 0 Å². The fourth-order valence-corrected chi connectivity index (χ4v) is 4.86. The van der Waals surface area contributed by atoms with Crippen molar-refractivity contribution in [3.8, 4) is 11.5 Å². The van der Waals surface area contributed by atoms with Gasteiger partial charge in [-0.05, 0) is 90.9 Å². The van der Waals surface area contributed by atoms with Gasteiger partial charge < -0.3 is 9.47 Å². The highest BCUT2D eigenvalue weighted by molar-refractivity contribution is 6.09. The van der Waals surface area contributed by atoms with Gasteiger partial charge in [0, 0.05) is 17.7 Å². The molecule has 0 saturated heterocycles. The molecule has 0 bridgehead atoms.